The zero-order chi connectivity index (χ0) is 13.8. The molecule has 6 heteroatoms. The number of halogens is 1. The molecule has 1 saturated carbocycles. The molecule has 1 aromatic carbocycles. The summed E-state index contributed by atoms with van der Waals surface area (Å²) >= 11 is 5.78. The molecule has 1 N–H and O–H groups in total. The molecule has 0 heterocycles. The van der Waals surface area contributed by atoms with Gasteiger partial charge in [0.25, 0.3) is 5.69 Å². The molecule has 1 fully saturated rings. The van der Waals surface area contributed by atoms with Gasteiger partial charge in [0.2, 0.25) is 0 Å². The van der Waals surface area contributed by atoms with Gasteiger partial charge in [-0.3, -0.25) is 10.1 Å². The number of nitrogens with one attached hydrogen (secondary N) is 1. The second-order valence-corrected chi connectivity index (χ2v) is 5.14. The Bertz CT molecular complexity index is 467. The van der Waals surface area contributed by atoms with E-state index < -0.39 is 4.92 Å². The van der Waals surface area contributed by atoms with Crippen molar-refractivity contribution < 1.29 is 9.66 Å². The van der Waals surface area contributed by atoms with Crippen molar-refractivity contribution in [1.29, 1.82) is 0 Å². The molecule has 0 bridgehead atoms. The second kappa shape index (κ2) is 6.32. The van der Waals surface area contributed by atoms with E-state index in [4.69, 9.17) is 16.3 Å². The lowest BCUT2D eigenvalue weighted by molar-refractivity contribution is -0.384. The van der Waals surface area contributed by atoms with E-state index >= 15 is 0 Å². The molecule has 2 rings (SSSR count). The van der Waals surface area contributed by atoms with E-state index in [2.05, 4.69) is 5.32 Å². The number of hydrogen-bond donors (Lipinski definition) is 1. The average Bonchev–Trinajstić information content (AvgIpc) is 2.84. The van der Waals surface area contributed by atoms with E-state index in [0.717, 1.165) is 24.8 Å². The number of rotatable bonds is 5. The molecule has 2 atom stereocenters. The van der Waals surface area contributed by atoms with Gasteiger partial charge in [-0.2, -0.15) is 0 Å². The number of hydrogen-bond acceptors (Lipinski definition) is 4. The summed E-state index contributed by atoms with van der Waals surface area (Å²) in [5.74, 6) is 0. The topological polar surface area (TPSA) is 64.4 Å². The Morgan fingerprint density at radius 1 is 1.53 bits per heavy atom. The lowest BCUT2D eigenvalue weighted by Crippen LogP contribution is -2.36. The first-order valence-corrected chi connectivity index (χ1v) is 6.68. The van der Waals surface area contributed by atoms with Crippen LogP contribution in [-0.2, 0) is 11.3 Å². The highest BCUT2D eigenvalue weighted by atomic mass is 35.5. The van der Waals surface area contributed by atoms with Crippen molar-refractivity contribution in [3.63, 3.8) is 0 Å². The van der Waals surface area contributed by atoms with Crippen LogP contribution in [0.3, 0.4) is 0 Å². The monoisotopic (exact) mass is 284 g/mol. The smallest absolute Gasteiger partial charge is 0.288 e. The highest BCUT2D eigenvalue weighted by Crippen LogP contribution is 2.26. The van der Waals surface area contributed by atoms with Gasteiger partial charge in [0.05, 0.1) is 11.0 Å². The minimum atomic E-state index is -0.459. The van der Waals surface area contributed by atoms with Gasteiger partial charge in [-0.15, -0.1) is 0 Å². The fourth-order valence-electron chi connectivity index (χ4n) is 2.50. The number of nitro groups is 1. The van der Waals surface area contributed by atoms with E-state index in [1.54, 1.807) is 19.2 Å². The Morgan fingerprint density at radius 3 is 3.00 bits per heavy atom. The van der Waals surface area contributed by atoms with Crippen LogP contribution in [0.4, 0.5) is 5.69 Å². The van der Waals surface area contributed by atoms with Crippen LogP contribution in [0.5, 0.6) is 0 Å². The van der Waals surface area contributed by atoms with Gasteiger partial charge in [0.15, 0.2) is 0 Å². The number of methoxy groups -OCH3 is 1. The second-order valence-electron chi connectivity index (χ2n) is 4.74. The van der Waals surface area contributed by atoms with Crippen molar-refractivity contribution in [2.24, 2.45) is 0 Å². The maximum absolute atomic E-state index is 10.8. The third-order valence-electron chi connectivity index (χ3n) is 3.53. The van der Waals surface area contributed by atoms with Crippen LogP contribution in [0.2, 0.25) is 5.02 Å². The molecular formula is C13H17ClN2O3. The summed E-state index contributed by atoms with van der Waals surface area (Å²) < 4.78 is 5.40. The van der Waals surface area contributed by atoms with Crippen molar-refractivity contribution in [2.45, 2.75) is 38.0 Å². The molecule has 5 nitrogen and oxygen atoms in total. The van der Waals surface area contributed by atoms with E-state index in [9.17, 15) is 10.1 Å². The maximum Gasteiger partial charge on any atom is 0.288 e. The quantitative estimate of drug-likeness (QED) is 0.667. The first kappa shape index (κ1) is 14.2. The molecule has 0 saturated heterocycles. The van der Waals surface area contributed by atoms with E-state index in [1.807, 2.05) is 0 Å². The molecule has 1 aliphatic rings. The van der Waals surface area contributed by atoms with E-state index in [-0.39, 0.29) is 16.8 Å². The lowest BCUT2D eigenvalue weighted by Gasteiger charge is -2.19. The summed E-state index contributed by atoms with van der Waals surface area (Å²) in [6.07, 6.45) is 3.53. The van der Waals surface area contributed by atoms with Gasteiger partial charge in [0, 0.05) is 25.8 Å². The van der Waals surface area contributed by atoms with Gasteiger partial charge in [-0.1, -0.05) is 17.7 Å². The number of ether oxygens (including phenoxy) is 1. The molecule has 1 aliphatic carbocycles. The maximum atomic E-state index is 10.8. The van der Waals surface area contributed by atoms with Gasteiger partial charge >= 0.3 is 0 Å². The van der Waals surface area contributed by atoms with Crippen LogP contribution >= 0.6 is 11.6 Å². The Kier molecular flexibility index (Phi) is 4.74. The minimum absolute atomic E-state index is 0.0457. The summed E-state index contributed by atoms with van der Waals surface area (Å²) in [6, 6.07) is 5.21. The van der Waals surface area contributed by atoms with Gasteiger partial charge < -0.3 is 10.1 Å². The van der Waals surface area contributed by atoms with Gasteiger partial charge in [0.1, 0.15) is 5.02 Å². The summed E-state index contributed by atoms with van der Waals surface area (Å²) in [7, 11) is 1.72. The van der Waals surface area contributed by atoms with Gasteiger partial charge in [-0.25, -0.2) is 0 Å². The van der Waals surface area contributed by atoms with E-state index in [1.165, 1.54) is 6.07 Å². The summed E-state index contributed by atoms with van der Waals surface area (Å²) in [5, 5.41) is 14.4. The molecular weight excluding hydrogens is 268 g/mol. The van der Waals surface area contributed by atoms with E-state index in [0.29, 0.717) is 12.6 Å². The fourth-order valence-corrected chi connectivity index (χ4v) is 2.69. The number of nitrogens with zero attached hydrogens (tertiary/aromatic N) is 1. The van der Waals surface area contributed by atoms with Crippen LogP contribution in [0, 0.1) is 10.1 Å². The molecule has 0 radical (unpaired) electrons. The van der Waals surface area contributed by atoms with Crippen LogP contribution in [0.15, 0.2) is 18.2 Å². The third kappa shape index (κ3) is 3.43. The highest BCUT2D eigenvalue weighted by Gasteiger charge is 2.26. The Morgan fingerprint density at radius 2 is 2.32 bits per heavy atom. The van der Waals surface area contributed by atoms with Crippen molar-refractivity contribution in [3.8, 4) is 0 Å². The van der Waals surface area contributed by atoms with Crippen LogP contribution < -0.4 is 5.32 Å². The third-order valence-corrected chi connectivity index (χ3v) is 3.85. The standard InChI is InChI=1S/C13H17ClN2O3/c1-19-13-4-2-3-11(13)15-8-9-5-6-10(14)12(7-9)16(17)18/h5-7,11,13,15H,2-4,8H2,1H3. The summed E-state index contributed by atoms with van der Waals surface area (Å²) in [6.45, 7) is 0.586. The first-order chi connectivity index (χ1) is 9.11. The zero-order valence-corrected chi connectivity index (χ0v) is 11.5. The molecule has 1 aromatic rings. The average molecular weight is 285 g/mol. The molecule has 0 amide bonds. The fraction of sp³-hybridized carbons (Fsp3) is 0.538. The summed E-state index contributed by atoms with van der Waals surface area (Å²) in [4.78, 5) is 10.4. The molecule has 19 heavy (non-hydrogen) atoms. The lowest BCUT2D eigenvalue weighted by atomic mass is 10.1. The van der Waals surface area contributed by atoms with Crippen LogP contribution in [-0.4, -0.2) is 24.2 Å². The largest absolute Gasteiger partial charge is 0.380 e. The first-order valence-electron chi connectivity index (χ1n) is 6.31. The van der Waals surface area contributed by atoms with Crippen molar-refractivity contribution in [1.82, 2.24) is 5.32 Å². The predicted molar refractivity (Wildman–Crippen MR) is 73.4 cm³/mol. The van der Waals surface area contributed by atoms with Crippen molar-refractivity contribution in [3.05, 3.63) is 38.9 Å². The molecule has 0 aromatic heterocycles. The number of benzene rings is 1. The predicted octanol–water partition coefficient (Wildman–Crippen LogP) is 2.91. The van der Waals surface area contributed by atoms with Crippen molar-refractivity contribution in [2.75, 3.05) is 7.11 Å². The Hall–Kier alpha value is -1.17. The SMILES string of the molecule is COC1CCCC1NCc1ccc(Cl)c([N+](=O)[O-])c1. The van der Waals surface area contributed by atoms with Crippen LogP contribution in [0.25, 0.3) is 0 Å². The van der Waals surface area contributed by atoms with Crippen LogP contribution in [0.1, 0.15) is 24.8 Å². The van der Waals surface area contributed by atoms with Crippen molar-refractivity contribution >= 4 is 17.3 Å². The summed E-state index contributed by atoms with van der Waals surface area (Å²) in [5.41, 5.74) is 0.813. The highest BCUT2D eigenvalue weighted by molar-refractivity contribution is 6.32. The Labute approximate surface area is 117 Å². The molecule has 104 valence electrons. The molecule has 2 unspecified atom stereocenters. The van der Waals surface area contributed by atoms with Gasteiger partial charge in [-0.05, 0) is 30.9 Å². The number of nitro benzene ring substituents is 1. The minimum Gasteiger partial charge on any atom is -0.380 e. The molecule has 0 spiro atoms. The molecule has 0 aliphatic heterocycles. The zero-order valence-electron chi connectivity index (χ0n) is 10.8. The Balaban J connectivity index is 2.00. The normalized spacial score (nSPS) is 22.6.